The summed E-state index contributed by atoms with van der Waals surface area (Å²) in [6.45, 7) is 6.81. The Bertz CT molecular complexity index is 931. The van der Waals surface area contributed by atoms with E-state index < -0.39 is 0 Å². The van der Waals surface area contributed by atoms with E-state index in [1.807, 2.05) is 12.1 Å². The van der Waals surface area contributed by atoms with Gasteiger partial charge in [0.1, 0.15) is 11.1 Å². The molecule has 5 heteroatoms. The number of benzene rings is 1. The molecule has 1 amide bonds. The molecule has 0 saturated carbocycles. The van der Waals surface area contributed by atoms with Crippen LogP contribution in [0.2, 0.25) is 5.02 Å². The smallest absolute Gasteiger partial charge is 0.249 e. The summed E-state index contributed by atoms with van der Waals surface area (Å²) in [5.41, 5.74) is 2.86. The van der Waals surface area contributed by atoms with Crippen molar-refractivity contribution in [2.24, 2.45) is 11.3 Å². The zero-order valence-electron chi connectivity index (χ0n) is 15.8. The Morgan fingerprint density at radius 3 is 2.85 bits per heavy atom. The highest BCUT2D eigenvalue weighted by Gasteiger charge is 2.32. The molecule has 1 heterocycles. The highest BCUT2D eigenvalue weighted by atomic mass is 35.5. The number of hydrogen-bond donors (Lipinski definition) is 1. The highest BCUT2D eigenvalue weighted by Crippen LogP contribution is 2.43. The lowest BCUT2D eigenvalue weighted by molar-refractivity contribution is -0.111. The van der Waals surface area contributed by atoms with E-state index >= 15 is 0 Å². The first kappa shape index (κ1) is 19.7. The van der Waals surface area contributed by atoms with E-state index in [0.29, 0.717) is 21.5 Å². The van der Waals surface area contributed by atoms with Gasteiger partial charge in [0.25, 0.3) is 0 Å². The maximum atomic E-state index is 12.3. The molecule has 3 nitrogen and oxygen atoms in total. The summed E-state index contributed by atoms with van der Waals surface area (Å²) in [5, 5.41) is 13.8. The number of hydrogen-bond acceptors (Lipinski definition) is 3. The Morgan fingerprint density at radius 1 is 1.41 bits per heavy atom. The fraction of sp³-hybridized carbons (Fsp3) is 0.364. The van der Waals surface area contributed by atoms with Gasteiger partial charge in [0, 0.05) is 16.0 Å². The quantitative estimate of drug-likeness (QED) is 0.637. The second kappa shape index (κ2) is 7.88. The number of halogens is 1. The van der Waals surface area contributed by atoms with Gasteiger partial charge in [0.2, 0.25) is 5.91 Å². The van der Waals surface area contributed by atoms with Crippen LogP contribution in [0.5, 0.6) is 0 Å². The molecule has 1 aromatic heterocycles. The fourth-order valence-electron chi connectivity index (χ4n) is 3.47. The van der Waals surface area contributed by atoms with Crippen molar-refractivity contribution in [3.63, 3.8) is 0 Å². The maximum absolute atomic E-state index is 12.3. The summed E-state index contributed by atoms with van der Waals surface area (Å²) in [6.07, 6.45) is 6.17. The van der Waals surface area contributed by atoms with Gasteiger partial charge in [-0.1, -0.05) is 44.5 Å². The number of carbonyl (C=O) groups excluding carboxylic acids is 1. The van der Waals surface area contributed by atoms with Crippen molar-refractivity contribution in [2.75, 3.05) is 5.32 Å². The van der Waals surface area contributed by atoms with Crippen molar-refractivity contribution >= 4 is 39.9 Å². The lowest BCUT2D eigenvalue weighted by Gasteiger charge is -2.33. The molecular weight excluding hydrogens is 376 g/mol. The van der Waals surface area contributed by atoms with E-state index in [1.54, 1.807) is 29.5 Å². The zero-order chi connectivity index (χ0) is 19.6. The van der Waals surface area contributed by atoms with Gasteiger partial charge in [-0.3, -0.25) is 4.79 Å². The van der Waals surface area contributed by atoms with Crippen LogP contribution in [0.4, 0.5) is 5.00 Å². The first-order valence-corrected chi connectivity index (χ1v) is 10.3. The number of carbonyl (C=O) groups is 1. The largest absolute Gasteiger partial charge is 0.313 e. The Labute approximate surface area is 169 Å². The molecule has 0 spiro atoms. The van der Waals surface area contributed by atoms with Crippen LogP contribution >= 0.6 is 22.9 Å². The van der Waals surface area contributed by atoms with Gasteiger partial charge in [0.05, 0.1) is 5.56 Å². The standard InChI is InChI=1S/C22H23ClN2OS/c1-22(2,3)15-8-9-17-18(13-24)21(27-19(17)12-15)25-20(26)10-7-14-5-4-6-16(23)11-14/h4-7,10-11,15H,8-9,12H2,1-3H3,(H,25,26). The van der Waals surface area contributed by atoms with E-state index in [0.717, 1.165) is 30.4 Å². The van der Waals surface area contributed by atoms with Crippen LogP contribution in [0.3, 0.4) is 0 Å². The van der Waals surface area contributed by atoms with Gasteiger partial charge in [-0.25, -0.2) is 0 Å². The molecule has 3 rings (SSSR count). The number of thiophene rings is 1. The average Bonchev–Trinajstić information content (AvgIpc) is 2.95. The van der Waals surface area contributed by atoms with Crippen molar-refractivity contribution in [3.8, 4) is 6.07 Å². The van der Waals surface area contributed by atoms with Crippen LogP contribution in [-0.4, -0.2) is 5.91 Å². The molecule has 1 unspecified atom stereocenters. The third kappa shape index (κ3) is 4.61. The first-order valence-electron chi connectivity index (χ1n) is 9.07. The van der Waals surface area contributed by atoms with Crippen LogP contribution in [0, 0.1) is 22.7 Å². The van der Waals surface area contributed by atoms with E-state index in [4.69, 9.17) is 11.6 Å². The lowest BCUT2D eigenvalue weighted by Crippen LogP contribution is -2.26. The molecule has 0 radical (unpaired) electrons. The van der Waals surface area contributed by atoms with E-state index in [2.05, 4.69) is 32.2 Å². The topological polar surface area (TPSA) is 52.9 Å². The molecule has 1 N–H and O–H groups in total. The number of fused-ring (bicyclic) bond motifs is 1. The molecule has 0 aliphatic heterocycles. The molecule has 140 valence electrons. The second-order valence-electron chi connectivity index (χ2n) is 8.00. The molecule has 1 aliphatic rings. The fourth-order valence-corrected chi connectivity index (χ4v) is 4.95. The highest BCUT2D eigenvalue weighted by molar-refractivity contribution is 7.16. The number of rotatable bonds is 3. The molecule has 2 aromatic rings. The third-order valence-corrected chi connectivity index (χ3v) is 6.52. The van der Waals surface area contributed by atoms with E-state index in [-0.39, 0.29) is 11.3 Å². The summed E-state index contributed by atoms with van der Waals surface area (Å²) in [7, 11) is 0. The predicted octanol–water partition coefficient (Wildman–Crippen LogP) is 6.08. The monoisotopic (exact) mass is 398 g/mol. The lowest BCUT2D eigenvalue weighted by atomic mass is 9.72. The Hall–Kier alpha value is -2.09. The Morgan fingerprint density at radius 2 is 2.19 bits per heavy atom. The zero-order valence-corrected chi connectivity index (χ0v) is 17.4. The Balaban J connectivity index is 1.77. The molecule has 0 fully saturated rings. The van der Waals surface area contributed by atoms with Crippen molar-refractivity contribution in [1.82, 2.24) is 0 Å². The SMILES string of the molecule is CC(C)(C)C1CCc2c(sc(NC(=O)C=Cc3cccc(Cl)c3)c2C#N)C1. The first-order chi connectivity index (χ1) is 12.8. The van der Waals surface area contributed by atoms with Gasteiger partial charge in [-0.15, -0.1) is 11.3 Å². The normalized spacial score (nSPS) is 16.8. The van der Waals surface area contributed by atoms with Gasteiger partial charge >= 0.3 is 0 Å². The van der Waals surface area contributed by atoms with Gasteiger partial charge in [0.15, 0.2) is 0 Å². The average molecular weight is 399 g/mol. The maximum Gasteiger partial charge on any atom is 0.249 e. The summed E-state index contributed by atoms with van der Waals surface area (Å²) < 4.78 is 0. The van der Waals surface area contributed by atoms with Gasteiger partial charge in [-0.2, -0.15) is 5.26 Å². The summed E-state index contributed by atoms with van der Waals surface area (Å²) >= 11 is 7.51. The second-order valence-corrected chi connectivity index (χ2v) is 9.54. The molecule has 1 aliphatic carbocycles. The van der Waals surface area contributed by atoms with Crippen LogP contribution in [0.25, 0.3) is 6.08 Å². The number of nitrogens with zero attached hydrogens (tertiary/aromatic N) is 1. The minimum atomic E-state index is -0.238. The number of amides is 1. The third-order valence-electron chi connectivity index (χ3n) is 5.11. The summed E-state index contributed by atoms with van der Waals surface area (Å²) in [6, 6.07) is 9.60. The number of anilines is 1. The number of nitrogens with one attached hydrogen (secondary N) is 1. The molecule has 0 bridgehead atoms. The molecule has 1 atom stereocenters. The van der Waals surface area contributed by atoms with Crippen LogP contribution in [0.1, 0.15) is 48.8 Å². The van der Waals surface area contributed by atoms with Gasteiger partial charge in [-0.05, 0) is 59.9 Å². The predicted molar refractivity (Wildman–Crippen MR) is 113 cm³/mol. The van der Waals surface area contributed by atoms with Crippen LogP contribution in [0.15, 0.2) is 30.3 Å². The van der Waals surface area contributed by atoms with Crippen molar-refractivity contribution < 1.29 is 4.79 Å². The van der Waals surface area contributed by atoms with Crippen LogP contribution < -0.4 is 5.32 Å². The van der Waals surface area contributed by atoms with Crippen molar-refractivity contribution in [3.05, 3.63) is 56.9 Å². The summed E-state index contributed by atoms with van der Waals surface area (Å²) in [5.74, 6) is 0.360. The minimum absolute atomic E-state index is 0.238. The van der Waals surface area contributed by atoms with E-state index in [9.17, 15) is 10.1 Å². The minimum Gasteiger partial charge on any atom is -0.313 e. The molecule has 1 aromatic carbocycles. The summed E-state index contributed by atoms with van der Waals surface area (Å²) in [4.78, 5) is 13.6. The van der Waals surface area contributed by atoms with Gasteiger partial charge < -0.3 is 5.32 Å². The molecule has 0 saturated heterocycles. The molecular formula is C22H23ClN2OS. The van der Waals surface area contributed by atoms with Crippen molar-refractivity contribution in [1.29, 1.82) is 5.26 Å². The van der Waals surface area contributed by atoms with Crippen LogP contribution in [-0.2, 0) is 17.6 Å². The molecule has 27 heavy (non-hydrogen) atoms. The number of nitriles is 1. The Kier molecular flexibility index (Phi) is 5.74. The van der Waals surface area contributed by atoms with Crippen molar-refractivity contribution in [2.45, 2.75) is 40.0 Å². The van der Waals surface area contributed by atoms with E-state index in [1.165, 1.54) is 11.0 Å².